The number of non-ortho nitro benzene ring substituents is 1. The number of para-hydroxylation sites is 1. The third-order valence-corrected chi connectivity index (χ3v) is 3.69. The Kier molecular flexibility index (Phi) is 4.17. The van der Waals surface area contributed by atoms with Crippen LogP contribution >= 0.6 is 0 Å². The van der Waals surface area contributed by atoms with Crippen molar-refractivity contribution in [1.82, 2.24) is 4.89 Å². The number of nitrogens with one attached hydrogen (secondary N) is 1. The van der Waals surface area contributed by atoms with Crippen molar-refractivity contribution in [3.05, 3.63) is 58.6 Å². The largest absolute Gasteiger partial charge is 0.456 e. The van der Waals surface area contributed by atoms with Gasteiger partial charge in [-0.3, -0.25) is 10.1 Å². The first-order valence-corrected chi connectivity index (χ1v) is 7.09. The maximum atomic E-state index is 11.6. The zero-order valence-corrected chi connectivity index (χ0v) is 11.3. The molecule has 8 nitrogen and oxygen atoms in total. The summed E-state index contributed by atoms with van der Waals surface area (Å²) in [6, 6.07) is 10.8. The van der Waals surface area contributed by atoms with Gasteiger partial charge in [-0.25, -0.2) is 8.42 Å². The fraction of sp³-hybridized carbons (Fsp3) is 0. The molecular formula is C12H10N2O6S. The van der Waals surface area contributed by atoms with E-state index in [9.17, 15) is 18.5 Å². The molecule has 0 atom stereocenters. The van der Waals surface area contributed by atoms with Crippen LogP contribution in [-0.4, -0.2) is 18.5 Å². The van der Waals surface area contributed by atoms with Gasteiger partial charge in [-0.2, -0.15) is 0 Å². The van der Waals surface area contributed by atoms with Crippen molar-refractivity contribution in [2.24, 2.45) is 0 Å². The lowest BCUT2D eigenvalue weighted by Gasteiger charge is -2.10. The summed E-state index contributed by atoms with van der Waals surface area (Å²) in [5, 5.41) is 19.2. The smallest absolute Gasteiger partial charge is 0.269 e. The average molecular weight is 310 g/mol. The lowest BCUT2D eigenvalue weighted by atomic mass is 10.3. The Balaban J connectivity index is 2.34. The molecule has 2 aromatic carbocycles. The minimum Gasteiger partial charge on any atom is -0.456 e. The third kappa shape index (κ3) is 3.34. The molecule has 2 rings (SSSR count). The lowest BCUT2D eigenvalue weighted by Crippen LogP contribution is -2.19. The second-order valence-electron chi connectivity index (χ2n) is 3.89. The SMILES string of the molecule is O=[N+]([O-])c1ccc(Oc2ccccc2S(=O)(=O)NO)cc1. The van der Waals surface area contributed by atoms with Crippen molar-refractivity contribution in [3.8, 4) is 11.5 Å². The molecule has 0 aliphatic heterocycles. The van der Waals surface area contributed by atoms with Crippen LogP contribution in [0.15, 0.2) is 53.4 Å². The topological polar surface area (TPSA) is 119 Å². The van der Waals surface area contributed by atoms with E-state index in [1.165, 1.54) is 47.3 Å². The number of hydrogen-bond donors (Lipinski definition) is 2. The van der Waals surface area contributed by atoms with Gasteiger partial charge in [0.05, 0.1) is 4.92 Å². The summed E-state index contributed by atoms with van der Waals surface area (Å²) in [4.78, 5) is 10.9. The van der Waals surface area contributed by atoms with E-state index in [-0.39, 0.29) is 22.1 Å². The number of sulfonamides is 1. The van der Waals surface area contributed by atoms with Gasteiger partial charge >= 0.3 is 0 Å². The Morgan fingerprint density at radius 3 is 2.29 bits per heavy atom. The van der Waals surface area contributed by atoms with Gasteiger partial charge in [-0.05, 0) is 24.3 Å². The zero-order valence-electron chi connectivity index (χ0n) is 10.5. The van der Waals surface area contributed by atoms with E-state index >= 15 is 0 Å². The van der Waals surface area contributed by atoms with E-state index in [2.05, 4.69) is 0 Å². The molecule has 0 fully saturated rings. The first-order valence-electron chi connectivity index (χ1n) is 5.61. The summed E-state index contributed by atoms with van der Waals surface area (Å²) in [6.45, 7) is 0. The molecule has 0 unspecified atom stereocenters. The summed E-state index contributed by atoms with van der Waals surface area (Å²) < 4.78 is 28.6. The van der Waals surface area contributed by atoms with Crippen molar-refractivity contribution in [1.29, 1.82) is 0 Å². The van der Waals surface area contributed by atoms with E-state index in [0.717, 1.165) is 0 Å². The normalized spacial score (nSPS) is 11.1. The standard InChI is InChI=1S/C12H10N2O6S/c15-13-21(18,19)12-4-2-1-3-11(12)20-10-7-5-9(6-8-10)14(16)17/h1-8,13,15H. The fourth-order valence-corrected chi connectivity index (χ4v) is 2.30. The summed E-state index contributed by atoms with van der Waals surface area (Å²) in [6.07, 6.45) is 0. The quantitative estimate of drug-likeness (QED) is 0.644. The van der Waals surface area contributed by atoms with Crippen molar-refractivity contribution in [2.75, 3.05) is 0 Å². The van der Waals surface area contributed by atoms with Crippen LogP contribution in [0.3, 0.4) is 0 Å². The predicted octanol–water partition coefficient (Wildman–Crippen LogP) is 2.05. The van der Waals surface area contributed by atoms with Gasteiger partial charge < -0.3 is 9.94 Å². The van der Waals surface area contributed by atoms with E-state index in [1.807, 2.05) is 0 Å². The van der Waals surface area contributed by atoms with Crippen molar-refractivity contribution < 1.29 is 23.3 Å². The molecule has 0 heterocycles. The van der Waals surface area contributed by atoms with Crippen LogP contribution in [0.1, 0.15) is 0 Å². The van der Waals surface area contributed by atoms with Crippen LogP contribution in [0.5, 0.6) is 11.5 Å². The van der Waals surface area contributed by atoms with E-state index < -0.39 is 14.9 Å². The molecular weight excluding hydrogens is 300 g/mol. The summed E-state index contributed by atoms with van der Waals surface area (Å²) in [5.74, 6) is 0.203. The molecule has 110 valence electrons. The number of ether oxygens (including phenoxy) is 1. The van der Waals surface area contributed by atoms with Crippen LogP contribution in [0.4, 0.5) is 5.69 Å². The maximum Gasteiger partial charge on any atom is 0.269 e. The number of hydrogen-bond acceptors (Lipinski definition) is 6. The molecule has 0 amide bonds. The van der Waals surface area contributed by atoms with Gasteiger partial charge in [0.2, 0.25) is 0 Å². The predicted molar refractivity (Wildman–Crippen MR) is 71.7 cm³/mol. The van der Waals surface area contributed by atoms with Crippen LogP contribution in [-0.2, 0) is 10.0 Å². The highest BCUT2D eigenvalue weighted by Gasteiger charge is 2.18. The molecule has 0 bridgehead atoms. The highest BCUT2D eigenvalue weighted by Crippen LogP contribution is 2.29. The monoisotopic (exact) mass is 310 g/mol. The average Bonchev–Trinajstić information content (AvgIpc) is 2.48. The van der Waals surface area contributed by atoms with Gasteiger partial charge in [0.1, 0.15) is 16.4 Å². The first-order chi connectivity index (χ1) is 9.94. The Labute approximate surface area is 119 Å². The molecule has 9 heteroatoms. The number of nitro groups is 1. The summed E-state index contributed by atoms with van der Waals surface area (Å²) in [5.41, 5.74) is -0.111. The molecule has 2 aromatic rings. The van der Waals surface area contributed by atoms with Gasteiger partial charge in [0, 0.05) is 12.1 Å². The zero-order chi connectivity index (χ0) is 15.5. The minimum atomic E-state index is -4.10. The molecule has 0 saturated carbocycles. The second-order valence-corrected chi connectivity index (χ2v) is 5.52. The molecule has 0 spiro atoms. The van der Waals surface area contributed by atoms with Crippen molar-refractivity contribution in [2.45, 2.75) is 4.90 Å². The Bertz CT molecular complexity index is 758. The highest BCUT2D eigenvalue weighted by atomic mass is 32.2. The Morgan fingerprint density at radius 2 is 1.71 bits per heavy atom. The summed E-state index contributed by atoms with van der Waals surface area (Å²) in [7, 11) is -4.10. The number of nitro benzene ring substituents is 1. The number of nitrogens with zero attached hydrogens (tertiary/aromatic N) is 1. The molecule has 2 N–H and O–H groups in total. The third-order valence-electron chi connectivity index (χ3n) is 2.53. The number of benzene rings is 2. The number of rotatable bonds is 5. The molecule has 0 aliphatic rings. The lowest BCUT2D eigenvalue weighted by molar-refractivity contribution is -0.384. The Hall–Kier alpha value is -2.49. The van der Waals surface area contributed by atoms with Gasteiger partial charge in [0.15, 0.2) is 0 Å². The first kappa shape index (κ1) is 14.9. The summed E-state index contributed by atoms with van der Waals surface area (Å²) >= 11 is 0. The molecule has 0 aromatic heterocycles. The minimum absolute atomic E-state index is 0.0205. The van der Waals surface area contributed by atoms with E-state index in [1.54, 1.807) is 6.07 Å². The van der Waals surface area contributed by atoms with E-state index in [0.29, 0.717) is 0 Å². The molecule has 0 radical (unpaired) electrons. The van der Waals surface area contributed by atoms with Crippen LogP contribution in [0, 0.1) is 10.1 Å². The second kappa shape index (κ2) is 5.87. The van der Waals surface area contributed by atoms with Gasteiger partial charge in [0.25, 0.3) is 15.7 Å². The maximum absolute atomic E-state index is 11.6. The molecule has 0 aliphatic carbocycles. The Morgan fingerprint density at radius 1 is 1.10 bits per heavy atom. The highest BCUT2D eigenvalue weighted by molar-refractivity contribution is 7.89. The van der Waals surface area contributed by atoms with Crippen molar-refractivity contribution >= 4 is 15.7 Å². The fourth-order valence-electron chi connectivity index (χ4n) is 1.57. The molecule has 0 saturated heterocycles. The van der Waals surface area contributed by atoms with E-state index in [4.69, 9.17) is 9.94 Å². The van der Waals surface area contributed by atoms with Crippen LogP contribution in [0.2, 0.25) is 0 Å². The van der Waals surface area contributed by atoms with Gasteiger partial charge in [-0.15, -0.1) is 0 Å². The van der Waals surface area contributed by atoms with Gasteiger partial charge in [-0.1, -0.05) is 17.0 Å². The van der Waals surface area contributed by atoms with Crippen LogP contribution in [0.25, 0.3) is 0 Å². The molecule has 21 heavy (non-hydrogen) atoms. The van der Waals surface area contributed by atoms with Crippen molar-refractivity contribution in [3.63, 3.8) is 0 Å². The van der Waals surface area contributed by atoms with Crippen LogP contribution < -0.4 is 9.62 Å².